The minimum atomic E-state index is -0.407. The van der Waals surface area contributed by atoms with Gasteiger partial charge in [0, 0.05) is 19.9 Å². The number of hydrogen-bond donors (Lipinski definition) is 1. The van der Waals surface area contributed by atoms with Crippen molar-refractivity contribution in [2.45, 2.75) is 25.4 Å². The van der Waals surface area contributed by atoms with Gasteiger partial charge in [-0.05, 0) is 18.8 Å². The van der Waals surface area contributed by atoms with Crippen LogP contribution >= 0.6 is 0 Å². The summed E-state index contributed by atoms with van der Waals surface area (Å²) < 4.78 is 6.75. The van der Waals surface area contributed by atoms with Crippen LogP contribution in [0.5, 0.6) is 0 Å². The van der Waals surface area contributed by atoms with E-state index in [0.717, 1.165) is 12.2 Å². The Balaban J connectivity index is 1.71. The Bertz CT molecular complexity index is 538. The predicted octanol–water partition coefficient (Wildman–Crippen LogP) is -0.0610. The Morgan fingerprint density at radius 2 is 2.29 bits per heavy atom. The first kappa shape index (κ1) is 14.1. The van der Waals surface area contributed by atoms with Crippen molar-refractivity contribution in [2.75, 3.05) is 26.8 Å². The van der Waals surface area contributed by atoms with E-state index in [1.807, 2.05) is 4.57 Å². The minimum absolute atomic E-state index is 0.0323. The molecule has 1 atom stereocenters. The number of nitrogens with zero attached hydrogens (tertiary/aromatic N) is 3. The molecule has 1 aromatic rings. The van der Waals surface area contributed by atoms with E-state index in [4.69, 9.17) is 4.74 Å². The molecule has 0 radical (unpaired) electrons. The van der Waals surface area contributed by atoms with Crippen molar-refractivity contribution in [3.63, 3.8) is 0 Å². The Morgan fingerprint density at radius 1 is 1.48 bits per heavy atom. The van der Waals surface area contributed by atoms with Gasteiger partial charge in [-0.1, -0.05) is 0 Å². The van der Waals surface area contributed by atoms with E-state index in [-0.39, 0.29) is 18.4 Å². The fourth-order valence-electron chi connectivity index (χ4n) is 2.59. The van der Waals surface area contributed by atoms with Gasteiger partial charge in [0.2, 0.25) is 11.8 Å². The van der Waals surface area contributed by atoms with Gasteiger partial charge < -0.3 is 19.5 Å². The normalized spacial score (nSPS) is 21.0. The van der Waals surface area contributed by atoms with Gasteiger partial charge in [-0.3, -0.25) is 9.59 Å². The van der Waals surface area contributed by atoms with E-state index < -0.39 is 6.04 Å². The van der Waals surface area contributed by atoms with Crippen LogP contribution in [0.4, 0.5) is 0 Å². The van der Waals surface area contributed by atoms with Gasteiger partial charge in [-0.2, -0.15) is 0 Å². The monoisotopic (exact) mass is 292 g/mol. The summed E-state index contributed by atoms with van der Waals surface area (Å²) in [6, 6.07) is -0.407. The van der Waals surface area contributed by atoms with Crippen LogP contribution in [-0.2, 0) is 20.9 Å². The summed E-state index contributed by atoms with van der Waals surface area (Å²) in [5.74, 6) is 0.479. The Labute approximate surface area is 123 Å². The van der Waals surface area contributed by atoms with Gasteiger partial charge in [-0.25, -0.2) is 4.98 Å². The molecule has 1 aromatic heterocycles. The molecule has 0 spiro atoms. The molecule has 0 unspecified atom stereocenters. The highest BCUT2D eigenvalue weighted by Crippen LogP contribution is 2.28. The number of hydrogen-bond acceptors (Lipinski definition) is 4. The Morgan fingerprint density at radius 3 is 3.00 bits per heavy atom. The highest BCUT2D eigenvalue weighted by atomic mass is 16.5. The van der Waals surface area contributed by atoms with Crippen LogP contribution < -0.4 is 5.32 Å². The van der Waals surface area contributed by atoms with E-state index in [9.17, 15) is 9.59 Å². The maximum atomic E-state index is 12.4. The first-order chi connectivity index (χ1) is 10.2. The van der Waals surface area contributed by atoms with Gasteiger partial charge in [0.05, 0.1) is 25.1 Å². The van der Waals surface area contributed by atoms with Crippen LogP contribution in [0, 0.1) is 5.92 Å². The van der Waals surface area contributed by atoms with Gasteiger partial charge >= 0.3 is 0 Å². The van der Waals surface area contributed by atoms with Crippen molar-refractivity contribution in [3.8, 4) is 0 Å². The molecule has 7 heteroatoms. The average Bonchev–Trinajstić information content (AvgIpc) is 3.19. The molecule has 1 fully saturated rings. The highest BCUT2D eigenvalue weighted by Gasteiger charge is 2.33. The van der Waals surface area contributed by atoms with E-state index >= 15 is 0 Å². The third-order valence-corrected chi connectivity index (χ3v) is 4.01. The molecule has 1 saturated carbocycles. The van der Waals surface area contributed by atoms with Crippen LogP contribution in [0.3, 0.4) is 0 Å². The standard InChI is InChI=1S/C14H20N4O3/c1-21-8-13(19)17-6-11-5-15-9-18(11)12(7-17)14(20)16-4-10-2-3-10/h5,9-10,12H,2-4,6-8H2,1H3,(H,16,20)/t12-/m0/s1. The maximum absolute atomic E-state index is 12.4. The largest absolute Gasteiger partial charge is 0.375 e. The molecule has 0 saturated heterocycles. The van der Waals surface area contributed by atoms with Gasteiger partial charge in [0.15, 0.2) is 0 Å². The summed E-state index contributed by atoms with van der Waals surface area (Å²) >= 11 is 0. The van der Waals surface area contributed by atoms with Crippen LogP contribution in [0.15, 0.2) is 12.5 Å². The fraction of sp³-hybridized carbons (Fsp3) is 0.643. The SMILES string of the molecule is COCC(=O)N1Cc2cncn2[C@H](C(=O)NCC2CC2)C1. The lowest BCUT2D eigenvalue weighted by Crippen LogP contribution is -2.47. The number of ether oxygens (including phenoxy) is 1. The van der Waals surface area contributed by atoms with E-state index in [0.29, 0.717) is 19.0 Å². The second-order valence-corrected chi connectivity index (χ2v) is 5.70. The first-order valence-corrected chi connectivity index (χ1v) is 7.24. The Kier molecular flexibility index (Phi) is 3.92. The minimum Gasteiger partial charge on any atom is -0.375 e. The number of carbonyl (C=O) groups is 2. The lowest BCUT2D eigenvalue weighted by atomic mass is 10.1. The van der Waals surface area contributed by atoms with Crippen LogP contribution in [-0.4, -0.2) is 53.1 Å². The van der Waals surface area contributed by atoms with Crippen molar-refractivity contribution in [2.24, 2.45) is 5.92 Å². The summed E-state index contributed by atoms with van der Waals surface area (Å²) in [6.45, 7) is 1.59. The molecular formula is C14H20N4O3. The van der Waals surface area contributed by atoms with Crippen LogP contribution in [0.1, 0.15) is 24.6 Å². The molecule has 1 aliphatic carbocycles. The zero-order valence-electron chi connectivity index (χ0n) is 12.1. The lowest BCUT2D eigenvalue weighted by Gasteiger charge is -2.33. The zero-order valence-corrected chi connectivity index (χ0v) is 12.1. The second-order valence-electron chi connectivity index (χ2n) is 5.70. The molecule has 3 rings (SSSR count). The highest BCUT2D eigenvalue weighted by molar-refractivity contribution is 5.83. The molecule has 0 aromatic carbocycles. The van der Waals surface area contributed by atoms with Gasteiger partial charge in [-0.15, -0.1) is 0 Å². The summed E-state index contributed by atoms with van der Waals surface area (Å²) in [5, 5.41) is 2.98. The lowest BCUT2D eigenvalue weighted by molar-refractivity contribution is -0.138. The third-order valence-electron chi connectivity index (χ3n) is 4.01. The average molecular weight is 292 g/mol. The molecule has 1 aliphatic heterocycles. The van der Waals surface area contributed by atoms with E-state index in [1.165, 1.54) is 20.0 Å². The first-order valence-electron chi connectivity index (χ1n) is 7.24. The van der Waals surface area contributed by atoms with Crippen molar-refractivity contribution >= 4 is 11.8 Å². The van der Waals surface area contributed by atoms with Gasteiger partial charge in [0.25, 0.3) is 0 Å². The van der Waals surface area contributed by atoms with Crippen LogP contribution in [0.2, 0.25) is 0 Å². The van der Waals surface area contributed by atoms with E-state index in [2.05, 4.69) is 10.3 Å². The third kappa shape index (κ3) is 3.07. The molecule has 2 aliphatic rings. The molecule has 21 heavy (non-hydrogen) atoms. The molecule has 2 heterocycles. The summed E-state index contributed by atoms with van der Waals surface area (Å²) in [4.78, 5) is 30.2. The number of amides is 2. The topological polar surface area (TPSA) is 76.5 Å². The summed E-state index contributed by atoms with van der Waals surface area (Å²) in [5.41, 5.74) is 0.872. The fourth-order valence-corrected chi connectivity index (χ4v) is 2.59. The van der Waals surface area contributed by atoms with Crippen molar-refractivity contribution in [1.29, 1.82) is 0 Å². The zero-order chi connectivity index (χ0) is 14.8. The number of methoxy groups -OCH3 is 1. The molecule has 114 valence electrons. The molecule has 7 nitrogen and oxygen atoms in total. The number of rotatable bonds is 5. The smallest absolute Gasteiger partial charge is 0.248 e. The quantitative estimate of drug-likeness (QED) is 0.825. The number of carbonyl (C=O) groups excluding carboxylic acids is 2. The number of imidazole rings is 1. The second kappa shape index (κ2) is 5.85. The van der Waals surface area contributed by atoms with Gasteiger partial charge in [0.1, 0.15) is 12.6 Å². The van der Waals surface area contributed by atoms with Crippen molar-refractivity contribution < 1.29 is 14.3 Å². The predicted molar refractivity (Wildman–Crippen MR) is 74.3 cm³/mol. The summed E-state index contributed by atoms with van der Waals surface area (Å²) in [7, 11) is 1.49. The van der Waals surface area contributed by atoms with Crippen LogP contribution in [0.25, 0.3) is 0 Å². The molecule has 1 N–H and O–H groups in total. The van der Waals surface area contributed by atoms with E-state index in [1.54, 1.807) is 17.4 Å². The number of aromatic nitrogens is 2. The van der Waals surface area contributed by atoms with Crippen molar-refractivity contribution in [3.05, 3.63) is 18.2 Å². The molecule has 2 amide bonds. The van der Waals surface area contributed by atoms with Crippen molar-refractivity contribution in [1.82, 2.24) is 19.8 Å². The summed E-state index contributed by atoms with van der Waals surface area (Å²) in [6.07, 6.45) is 5.75. The number of nitrogens with one attached hydrogen (secondary N) is 1. The number of fused-ring (bicyclic) bond motifs is 1. The molecular weight excluding hydrogens is 272 g/mol. The maximum Gasteiger partial charge on any atom is 0.248 e. The Hall–Kier alpha value is -1.89. The molecule has 0 bridgehead atoms.